The maximum atomic E-state index is 9.29. The summed E-state index contributed by atoms with van der Waals surface area (Å²) in [6, 6.07) is 14.1. The number of fused-ring (bicyclic) bond motifs is 3. The molecule has 26 heavy (non-hydrogen) atoms. The monoisotopic (exact) mass is 340 g/mol. The van der Waals surface area contributed by atoms with Crippen molar-refractivity contribution in [3.8, 4) is 12.1 Å². The van der Waals surface area contributed by atoms with Gasteiger partial charge in [-0.1, -0.05) is 24.3 Å². The van der Waals surface area contributed by atoms with Crippen molar-refractivity contribution < 1.29 is 0 Å². The number of hydrogen-bond donors (Lipinski definition) is 1. The van der Waals surface area contributed by atoms with E-state index in [2.05, 4.69) is 20.9 Å². The lowest BCUT2D eigenvalue weighted by atomic mass is 10.1. The Labute approximate surface area is 150 Å². The van der Waals surface area contributed by atoms with E-state index >= 15 is 0 Å². The first-order valence-electron chi connectivity index (χ1n) is 8.30. The van der Waals surface area contributed by atoms with E-state index in [0.29, 0.717) is 5.52 Å². The number of hydrogen-bond acceptors (Lipinski definition) is 5. The molecule has 1 heterocycles. The highest BCUT2D eigenvalue weighted by molar-refractivity contribution is 6.27. The SMILES string of the molecule is CN(C)CCN=c1ccc2c3[nH]c(C#N)c(C#N)nc3c3cccc1c32. The Morgan fingerprint density at radius 1 is 1.08 bits per heavy atom. The number of aromatic amines is 1. The zero-order valence-electron chi connectivity index (χ0n) is 14.5. The summed E-state index contributed by atoms with van der Waals surface area (Å²) in [5.74, 6) is 0. The Morgan fingerprint density at radius 2 is 1.88 bits per heavy atom. The van der Waals surface area contributed by atoms with Crippen molar-refractivity contribution >= 4 is 32.6 Å². The van der Waals surface area contributed by atoms with Crippen LogP contribution in [-0.2, 0) is 0 Å². The van der Waals surface area contributed by atoms with E-state index in [0.717, 1.165) is 45.5 Å². The molecular weight excluding hydrogens is 324 g/mol. The van der Waals surface area contributed by atoms with Gasteiger partial charge in [0.25, 0.3) is 0 Å². The number of nitrogens with one attached hydrogen (secondary N) is 1. The van der Waals surface area contributed by atoms with Crippen LogP contribution in [0.3, 0.4) is 0 Å². The van der Waals surface area contributed by atoms with E-state index in [1.165, 1.54) is 0 Å². The van der Waals surface area contributed by atoms with Gasteiger partial charge in [0.05, 0.1) is 22.9 Å². The zero-order valence-corrected chi connectivity index (χ0v) is 14.5. The Balaban J connectivity index is 2.07. The van der Waals surface area contributed by atoms with Gasteiger partial charge in [-0.2, -0.15) is 10.5 Å². The molecule has 4 aromatic rings. The quantitative estimate of drug-likeness (QED) is 0.620. The number of benzene rings is 2. The average molecular weight is 340 g/mol. The Kier molecular flexibility index (Phi) is 3.76. The molecule has 0 fully saturated rings. The molecule has 0 aliphatic rings. The molecule has 0 unspecified atom stereocenters. The molecule has 6 heteroatoms. The van der Waals surface area contributed by atoms with Crippen molar-refractivity contribution in [1.29, 1.82) is 10.5 Å². The van der Waals surface area contributed by atoms with Crippen LogP contribution in [0.5, 0.6) is 0 Å². The minimum Gasteiger partial charge on any atom is -0.342 e. The summed E-state index contributed by atoms with van der Waals surface area (Å²) in [5, 5.41) is 23.6. The van der Waals surface area contributed by atoms with Crippen LogP contribution in [0.25, 0.3) is 32.6 Å². The highest BCUT2D eigenvalue weighted by Gasteiger charge is 2.16. The maximum absolute atomic E-state index is 9.29. The van der Waals surface area contributed by atoms with Crippen LogP contribution < -0.4 is 5.36 Å². The van der Waals surface area contributed by atoms with Crippen LogP contribution in [-0.4, -0.2) is 42.1 Å². The summed E-state index contributed by atoms with van der Waals surface area (Å²) in [4.78, 5) is 14.4. The first-order chi connectivity index (χ1) is 12.6. The Morgan fingerprint density at radius 3 is 2.62 bits per heavy atom. The molecule has 4 rings (SSSR count). The lowest BCUT2D eigenvalue weighted by Gasteiger charge is -2.06. The molecular formula is C20H16N6. The number of aromatic nitrogens is 2. The molecule has 1 N–H and O–H groups in total. The van der Waals surface area contributed by atoms with Gasteiger partial charge in [-0.05, 0) is 20.2 Å². The molecule has 126 valence electrons. The van der Waals surface area contributed by atoms with Crippen molar-refractivity contribution in [1.82, 2.24) is 14.9 Å². The molecule has 0 spiro atoms. The highest BCUT2D eigenvalue weighted by atomic mass is 15.1. The van der Waals surface area contributed by atoms with Crippen molar-refractivity contribution in [3.63, 3.8) is 0 Å². The van der Waals surface area contributed by atoms with Crippen molar-refractivity contribution in [2.24, 2.45) is 4.99 Å². The van der Waals surface area contributed by atoms with E-state index in [1.54, 1.807) is 0 Å². The summed E-state index contributed by atoms with van der Waals surface area (Å²) < 4.78 is 0. The molecule has 6 nitrogen and oxygen atoms in total. The number of nitriles is 2. The lowest BCUT2D eigenvalue weighted by Crippen LogP contribution is -2.17. The van der Waals surface area contributed by atoms with Gasteiger partial charge < -0.3 is 9.88 Å². The minimum atomic E-state index is 0.118. The van der Waals surface area contributed by atoms with Gasteiger partial charge in [-0.25, -0.2) is 4.98 Å². The third-order valence-electron chi connectivity index (χ3n) is 4.54. The van der Waals surface area contributed by atoms with Crippen LogP contribution >= 0.6 is 0 Å². The summed E-state index contributed by atoms with van der Waals surface area (Å²) >= 11 is 0. The molecule has 0 saturated heterocycles. The second kappa shape index (κ2) is 6.11. The highest BCUT2D eigenvalue weighted by Crippen LogP contribution is 2.35. The smallest absolute Gasteiger partial charge is 0.175 e. The molecule has 0 bridgehead atoms. The van der Waals surface area contributed by atoms with Gasteiger partial charge in [0.15, 0.2) is 11.4 Å². The standard InChI is InChI=1S/C20H16N6/c1-26(2)9-8-23-15-7-6-14-18-12(15)4-3-5-13(18)19-20(14)25-17(11-22)16(10-21)24-19/h3-7,25H,8-9H2,1-2H3. The molecule has 1 aromatic heterocycles. The van der Waals surface area contributed by atoms with Crippen LogP contribution in [0.15, 0.2) is 35.3 Å². The van der Waals surface area contributed by atoms with Crippen LogP contribution in [0.4, 0.5) is 0 Å². The fraction of sp³-hybridized carbons (Fsp3) is 0.200. The second-order valence-corrected chi connectivity index (χ2v) is 6.45. The summed E-state index contributed by atoms with van der Waals surface area (Å²) in [6.07, 6.45) is 0. The first-order valence-corrected chi connectivity index (χ1v) is 8.30. The second-order valence-electron chi connectivity index (χ2n) is 6.45. The fourth-order valence-corrected chi connectivity index (χ4v) is 3.32. The van der Waals surface area contributed by atoms with Gasteiger partial charge >= 0.3 is 0 Å². The van der Waals surface area contributed by atoms with Crippen molar-refractivity contribution in [3.05, 3.63) is 47.1 Å². The topological polar surface area (TPSA) is 91.9 Å². The molecule has 0 aliphatic carbocycles. The Hall–Kier alpha value is -3.48. The van der Waals surface area contributed by atoms with Gasteiger partial charge in [0.1, 0.15) is 12.1 Å². The number of likely N-dealkylation sites (N-methyl/N-ethyl adjacent to an activating group) is 1. The molecule has 3 aromatic carbocycles. The average Bonchev–Trinajstić information content (AvgIpc) is 2.96. The largest absolute Gasteiger partial charge is 0.342 e. The first kappa shape index (κ1) is 16.0. The number of nitrogens with zero attached hydrogens (tertiary/aromatic N) is 5. The molecule has 0 amide bonds. The van der Waals surface area contributed by atoms with Gasteiger partial charge in [0, 0.05) is 28.1 Å². The van der Waals surface area contributed by atoms with E-state index in [1.807, 2.05) is 50.5 Å². The molecule has 0 radical (unpaired) electrons. The summed E-state index contributed by atoms with van der Waals surface area (Å²) in [6.45, 7) is 1.61. The van der Waals surface area contributed by atoms with Crippen molar-refractivity contribution in [2.75, 3.05) is 27.2 Å². The zero-order chi connectivity index (χ0) is 18.3. The van der Waals surface area contributed by atoms with Crippen LogP contribution in [0.1, 0.15) is 11.4 Å². The summed E-state index contributed by atoms with van der Waals surface area (Å²) in [5.41, 5.74) is 1.80. The third kappa shape index (κ3) is 2.36. The van der Waals surface area contributed by atoms with Crippen LogP contribution in [0.2, 0.25) is 0 Å². The predicted molar refractivity (Wildman–Crippen MR) is 101 cm³/mol. The van der Waals surface area contributed by atoms with E-state index in [-0.39, 0.29) is 11.4 Å². The van der Waals surface area contributed by atoms with Crippen LogP contribution in [0, 0.1) is 22.7 Å². The number of rotatable bonds is 3. The number of H-pyrrole nitrogens is 1. The third-order valence-corrected chi connectivity index (χ3v) is 4.54. The predicted octanol–water partition coefficient (Wildman–Crippen LogP) is 2.51. The normalized spacial score (nSPS) is 12.3. The van der Waals surface area contributed by atoms with Gasteiger partial charge in [-0.15, -0.1) is 0 Å². The molecule has 0 aliphatic heterocycles. The summed E-state index contributed by atoms with van der Waals surface area (Å²) in [7, 11) is 4.06. The maximum Gasteiger partial charge on any atom is 0.175 e. The minimum absolute atomic E-state index is 0.118. The van der Waals surface area contributed by atoms with Crippen molar-refractivity contribution in [2.45, 2.75) is 0 Å². The van der Waals surface area contributed by atoms with E-state index < -0.39 is 0 Å². The van der Waals surface area contributed by atoms with E-state index in [9.17, 15) is 10.5 Å². The fourth-order valence-electron chi connectivity index (χ4n) is 3.32. The Bertz CT molecular complexity index is 1230. The van der Waals surface area contributed by atoms with Gasteiger partial charge in [-0.3, -0.25) is 4.99 Å². The van der Waals surface area contributed by atoms with E-state index in [4.69, 9.17) is 4.99 Å². The molecule has 0 saturated carbocycles. The molecule has 0 atom stereocenters. The lowest BCUT2D eigenvalue weighted by molar-refractivity contribution is 0.419. The van der Waals surface area contributed by atoms with Gasteiger partial charge in [0.2, 0.25) is 0 Å².